The number of alkyl halides is 1. The van der Waals surface area contributed by atoms with Crippen LogP contribution in [0.25, 0.3) is 0 Å². The van der Waals surface area contributed by atoms with Gasteiger partial charge < -0.3 is 4.74 Å². The Morgan fingerprint density at radius 3 is 1.94 bits per heavy atom. The fourth-order valence-electron chi connectivity index (χ4n) is 1.01. The predicted octanol–water partition coefficient (Wildman–Crippen LogP) is 1.92. The normalized spacial score (nSPS) is 16.6. The van der Waals surface area contributed by atoms with E-state index in [1.807, 2.05) is 0 Å². The van der Waals surface area contributed by atoms with Crippen LogP contribution in [0.4, 0.5) is 0 Å². The average Bonchev–Trinajstić information content (AvgIpc) is 1.98. The van der Waals surface area contributed by atoms with Gasteiger partial charge >= 0.3 is 5.97 Å². The molecule has 0 N–H and O–H groups in total. The molecule has 16 heavy (non-hydrogen) atoms. The van der Waals surface area contributed by atoms with Gasteiger partial charge in [-0.3, -0.25) is 4.79 Å². The summed E-state index contributed by atoms with van der Waals surface area (Å²) in [6.45, 7) is 6.53. The van der Waals surface area contributed by atoms with Crippen LogP contribution < -0.4 is 0 Å². The quantitative estimate of drug-likeness (QED) is 0.587. The number of carbonyl (C=O) groups is 1. The second kappa shape index (κ2) is 5.04. The zero-order valence-corrected chi connectivity index (χ0v) is 12.7. The third-order valence-electron chi connectivity index (χ3n) is 2.22. The lowest BCUT2D eigenvalue weighted by Gasteiger charge is -2.29. The minimum absolute atomic E-state index is 0.195. The van der Waals surface area contributed by atoms with Crippen LogP contribution in [0.15, 0.2) is 0 Å². The Hall–Kier alpha value is -0.100. The summed E-state index contributed by atoms with van der Waals surface area (Å²) >= 11 is 3.15. The summed E-state index contributed by atoms with van der Waals surface area (Å²) in [7, 11) is -3.50. The van der Waals surface area contributed by atoms with E-state index in [4.69, 9.17) is 4.74 Å². The number of ether oxygens (including phenoxy) is 1. The molecule has 96 valence electrons. The fraction of sp³-hybridized carbons (Fsp3) is 0.900. The van der Waals surface area contributed by atoms with E-state index in [0.717, 1.165) is 6.26 Å². The van der Waals surface area contributed by atoms with E-state index in [1.165, 1.54) is 6.92 Å². The SMILES string of the molecule is CC(C)(C)OC(=O)[C@](C)(CCBr)S(C)(=O)=O. The molecule has 6 heteroatoms. The number of carbonyl (C=O) groups excluding carboxylic acids is 1. The van der Waals surface area contributed by atoms with Gasteiger partial charge in [0.05, 0.1) is 0 Å². The minimum atomic E-state index is -3.50. The summed E-state index contributed by atoms with van der Waals surface area (Å²) in [5.41, 5.74) is -0.685. The highest BCUT2D eigenvalue weighted by Crippen LogP contribution is 2.26. The lowest BCUT2D eigenvalue weighted by Crippen LogP contribution is -2.47. The van der Waals surface area contributed by atoms with E-state index >= 15 is 0 Å². The molecule has 0 aromatic heterocycles. The number of rotatable bonds is 4. The molecule has 0 unspecified atom stereocenters. The molecule has 0 amide bonds. The average molecular weight is 315 g/mol. The first kappa shape index (κ1) is 15.9. The first-order valence-electron chi connectivity index (χ1n) is 4.93. The molecule has 4 nitrogen and oxygen atoms in total. The molecule has 0 bridgehead atoms. The minimum Gasteiger partial charge on any atom is -0.459 e. The number of hydrogen-bond donors (Lipinski definition) is 0. The zero-order chi connectivity index (χ0) is 13.2. The Labute approximate surface area is 106 Å². The van der Waals surface area contributed by atoms with Crippen LogP contribution in [0.3, 0.4) is 0 Å². The molecule has 0 spiro atoms. The van der Waals surface area contributed by atoms with Gasteiger partial charge in [0.15, 0.2) is 14.6 Å². The highest BCUT2D eigenvalue weighted by Gasteiger charge is 2.45. The maximum atomic E-state index is 11.9. The first-order valence-corrected chi connectivity index (χ1v) is 7.94. The first-order chi connectivity index (χ1) is 6.94. The van der Waals surface area contributed by atoms with Crippen molar-refractivity contribution in [2.75, 3.05) is 11.6 Å². The smallest absolute Gasteiger partial charge is 0.327 e. The van der Waals surface area contributed by atoms with Gasteiger partial charge in [-0.05, 0) is 34.1 Å². The summed E-state index contributed by atoms with van der Waals surface area (Å²) in [6, 6.07) is 0. The van der Waals surface area contributed by atoms with E-state index in [9.17, 15) is 13.2 Å². The Kier molecular flexibility index (Phi) is 5.01. The van der Waals surface area contributed by atoms with Gasteiger partial charge in [0.25, 0.3) is 0 Å². The molecule has 0 radical (unpaired) electrons. The molecule has 0 saturated heterocycles. The molecule has 0 rings (SSSR count). The summed E-state index contributed by atoms with van der Waals surface area (Å²) in [5, 5.41) is 0.426. The molecule has 0 aliphatic heterocycles. The highest BCUT2D eigenvalue weighted by atomic mass is 79.9. The van der Waals surface area contributed by atoms with Gasteiger partial charge in [-0.25, -0.2) is 8.42 Å². The molecule has 0 aliphatic rings. The monoisotopic (exact) mass is 314 g/mol. The van der Waals surface area contributed by atoms with Crippen molar-refractivity contribution < 1.29 is 17.9 Å². The highest BCUT2D eigenvalue weighted by molar-refractivity contribution is 9.09. The summed E-state index contributed by atoms with van der Waals surface area (Å²) < 4.78 is 27.0. The maximum absolute atomic E-state index is 11.9. The number of sulfone groups is 1. The maximum Gasteiger partial charge on any atom is 0.327 e. The van der Waals surface area contributed by atoms with Gasteiger partial charge in [0.2, 0.25) is 0 Å². The lowest BCUT2D eigenvalue weighted by molar-refractivity contribution is -0.157. The zero-order valence-electron chi connectivity index (χ0n) is 10.3. The van der Waals surface area contributed by atoms with Crippen LogP contribution in [0.1, 0.15) is 34.1 Å². The number of esters is 1. The molecule has 1 atom stereocenters. The molecule has 0 aromatic rings. The molecule has 0 fully saturated rings. The Morgan fingerprint density at radius 1 is 1.25 bits per heavy atom. The Bertz CT molecular complexity index is 356. The predicted molar refractivity (Wildman–Crippen MR) is 67.5 cm³/mol. The van der Waals surface area contributed by atoms with E-state index in [1.54, 1.807) is 20.8 Å². The van der Waals surface area contributed by atoms with Gasteiger partial charge in [-0.1, -0.05) is 15.9 Å². The lowest BCUT2D eigenvalue weighted by atomic mass is 10.1. The van der Waals surface area contributed by atoms with Crippen molar-refractivity contribution in [3.8, 4) is 0 Å². The van der Waals surface area contributed by atoms with Gasteiger partial charge in [0, 0.05) is 11.6 Å². The molecule has 0 heterocycles. The standard InChI is InChI=1S/C10H19BrO4S/c1-9(2,3)15-8(12)10(4,6-7-11)16(5,13)14/h6-7H2,1-5H3/t10-/m0/s1. The Balaban J connectivity index is 5.16. The van der Waals surface area contributed by atoms with Crippen LogP contribution in [-0.2, 0) is 19.4 Å². The summed E-state index contributed by atoms with van der Waals surface area (Å²) in [4.78, 5) is 11.9. The molecule has 0 aliphatic carbocycles. The third-order valence-corrected chi connectivity index (χ3v) is 4.62. The molecule has 0 saturated carbocycles. The summed E-state index contributed by atoms with van der Waals surface area (Å²) in [6.07, 6.45) is 1.25. The van der Waals surface area contributed by atoms with Gasteiger partial charge in [-0.15, -0.1) is 0 Å². The van der Waals surface area contributed by atoms with E-state index in [-0.39, 0.29) is 6.42 Å². The van der Waals surface area contributed by atoms with Crippen molar-refractivity contribution in [1.82, 2.24) is 0 Å². The Morgan fingerprint density at radius 2 is 1.69 bits per heavy atom. The molecular formula is C10H19BrO4S. The van der Waals surface area contributed by atoms with Gasteiger partial charge in [-0.2, -0.15) is 0 Å². The van der Waals surface area contributed by atoms with E-state index < -0.39 is 26.2 Å². The van der Waals surface area contributed by atoms with Crippen LogP contribution in [-0.4, -0.2) is 36.3 Å². The van der Waals surface area contributed by atoms with Crippen molar-refractivity contribution in [1.29, 1.82) is 0 Å². The number of halogens is 1. The van der Waals surface area contributed by atoms with Crippen LogP contribution in [0.5, 0.6) is 0 Å². The largest absolute Gasteiger partial charge is 0.459 e. The second-order valence-corrected chi connectivity index (χ2v) is 8.18. The van der Waals surface area contributed by atoms with Crippen LogP contribution in [0.2, 0.25) is 0 Å². The topological polar surface area (TPSA) is 60.4 Å². The van der Waals surface area contributed by atoms with E-state index in [2.05, 4.69) is 15.9 Å². The second-order valence-electron chi connectivity index (χ2n) is 4.94. The summed E-state index contributed by atoms with van der Waals surface area (Å²) in [5.74, 6) is -0.693. The van der Waals surface area contributed by atoms with Crippen molar-refractivity contribution in [2.45, 2.75) is 44.5 Å². The van der Waals surface area contributed by atoms with Crippen molar-refractivity contribution in [2.24, 2.45) is 0 Å². The van der Waals surface area contributed by atoms with Crippen molar-refractivity contribution in [3.63, 3.8) is 0 Å². The molecular weight excluding hydrogens is 296 g/mol. The van der Waals surface area contributed by atoms with Crippen LogP contribution in [0, 0.1) is 0 Å². The van der Waals surface area contributed by atoms with E-state index in [0.29, 0.717) is 5.33 Å². The van der Waals surface area contributed by atoms with Crippen molar-refractivity contribution >= 4 is 31.7 Å². The molecule has 0 aromatic carbocycles. The number of hydrogen-bond acceptors (Lipinski definition) is 4. The fourth-order valence-corrected chi connectivity index (χ4v) is 2.88. The van der Waals surface area contributed by atoms with Gasteiger partial charge in [0.1, 0.15) is 5.60 Å². The van der Waals surface area contributed by atoms with Crippen LogP contribution >= 0.6 is 15.9 Å². The van der Waals surface area contributed by atoms with Crippen molar-refractivity contribution in [3.05, 3.63) is 0 Å². The third kappa shape index (κ3) is 4.05.